The van der Waals surface area contributed by atoms with Gasteiger partial charge in [-0.2, -0.15) is 0 Å². The lowest BCUT2D eigenvalue weighted by Gasteiger charge is -2.34. The van der Waals surface area contributed by atoms with Crippen molar-refractivity contribution in [2.24, 2.45) is 0 Å². The van der Waals surface area contributed by atoms with Crippen LogP contribution in [0.3, 0.4) is 0 Å². The van der Waals surface area contributed by atoms with E-state index in [0.29, 0.717) is 0 Å². The van der Waals surface area contributed by atoms with Crippen molar-refractivity contribution in [3.05, 3.63) is 48.3 Å². The van der Waals surface area contributed by atoms with E-state index in [0.717, 1.165) is 38.7 Å². The Kier molecular flexibility index (Phi) is 5.49. The van der Waals surface area contributed by atoms with Crippen molar-refractivity contribution < 1.29 is 0 Å². The summed E-state index contributed by atoms with van der Waals surface area (Å²) in [5.74, 6) is 0.868. The molecule has 0 saturated carbocycles. The van der Waals surface area contributed by atoms with Crippen molar-refractivity contribution in [1.82, 2.24) is 19.2 Å². The van der Waals surface area contributed by atoms with Crippen LogP contribution in [-0.4, -0.2) is 58.4 Å². The number of fused-ring (bicyclic) bond motifs is 1. The van der Waals surface area contributed by atoms with Crippen molar-refractivity contribution in [2.75, 3.05) is 44.2 Å². The lowest BCUT2D eigenvalue weighted by atomic mass is 10.2. The molecule has 3 heterocycles. The Morgan fingerprint density at radius 2 is 1.64 bits per heavy atom. The summed E-state index contributed by atoms with van der Waals surface area (Å²) in [6.45, 7) is 7.76. The molecule has 1 aromatic heterocycles. The van der Waals surface area contributed by atoms with Gasteiger partial charge in [-0.3, -0.25) is 4.90 Å². The topological polar surface area (TPSA) is 35.5 Å². The summed E-state index contributed by atoms with van der Waals surface area (Å²) in [5, 5.41) is 0. The van der Waals surface area contributed by atoms with E-state index in [1.807, 2.05) is 30.4 Å². The molecule has 0 unspecified atom stereocenters. The Bertz CT molecular complexity index is 648. The third-order valence-electron chi connectivity index (χ3n) is 4.89. The molecule has 25 heavy (non-hydrogen) atoms. The largest absolute Gasteiger partial charge is 0.338 e. The van der Waals surface area contributed by atoms with Crippen LogP contribution >= 0.6 is 11.9 Å². The molecule has 0 N–H and O–H groups in total. The van der Waals surface area contributed by atoms with Gasteiger partial charge in [0.2, 0.25) is 5.95 Å². The van der Waals surface area contributed by atoms with Crippen LogP contribution < -0.4 is 4.90 Å². The minimum absolute atomic E-state index is 0.868. The molecule has 4 rings (SSSR count). The maximum Gasteiger partial charge on any atom is 0.225 e. The molecule has 1 fully saturated rings. The second-order valence-electron chi connectivity index (χ2n) is 6.65. The Labute approximate surface area is 154 Å². The Hall–Kier alpha value is -1.63. The first-order valence-electron chi connectivity index (χ1n) is 9.14. The maximum absolute atomic E-state index is 4.35. The predicted octanol–water partition coefficient (Wildman–Crippen LogP) is 2.90. The molecule has 1 aromatic carbocycles. The predicted molar refractivity (Wildman–Crippen MR) is 103 cm³/mol. The van der Waals surface area contributed by atoms with Gasteiger partial charge in [-0.05, 0) is 49.0 Å². The third kappa shape index (κ3) is 4.32. The molecular formula is C19H25N5S. The number of rotatable bonds is 6. The molecule has 6 heteroatoms. The van der Waals surface area contributed by atoms with Gasteiger partial charge in [-0.1, -0.05) is 18.2 Å². The van der Waals surface area contributed by atoms with Crippen molar-refractivity contribution >= 4 is 17.9 Å². The number of hydrogen-bond donors (Lipinski definition) is 0. The fraction of sp³-hybridized carbons (Fsp3) is 0.474. The minimum Gasteiger partial charge on any atom is -0.338 e. The lowest BCUT2D eigenvalue weighted by molar-refractivity contribution is 0.249. The van der Waals surface area contributed by atoms with Gasteiger partial charge >= 0.3 is 0 Å². The quantitative estimate of drug-likeness (QED) is 0.586. The number of unbranched alkanes of at least 4 members (excludes halogenated alkanes) is 1. The van der Waals surface area contributed by atoms with Crippen LogP contribution in [-0.2, 0) is 6.54 Å². The van der Waals surface area contributed by atoms with E-state index in [9.17, 15) is 0 Å². The van der Waals surface area contributed by atoms with E-state index >= 15 is 0 Å². The number of hydrogen-bond acceptors (Lipinski definition) is 6. The number of anilines is 1. The lowest BCUT2D eigenvalue weighted by Crippen LogP contribution is -2.47. The minimum atomic E-state index is 0.868. The highest BCUT2D eigenvalue weighted by Gasteiger charge is 2.20. The first-order chi connectivity index (χ1) is 12.4. The van der Waals surface area contributed by atoms with Crippen molar-refractivity contribution in [2.45, 2.75) is 24.3 Å². The maximum atomic E-state index is 4.35. The van der Waals surface area contributed by atoms with Crippen LogP contribution in [0.5, 0.6) is 0 Å². The first kappa shape index (κ1) is 16.8. The summed E-state index contributed by atoms with van der Waals surface area (Å²) < 4.78 is 2.50. The number of nitrogens with zero attached hydrogens (tertiary/aromatic N) is 5. The SMILES string of the molecule is c1cnc(N2CCN(CCCCN3Cc4ccccc4S3)CC2)nc1. The second-order valence-corrected chi connectivity index (χ2v) is 7.79. The van der Waals surface area contributed by atoms with E-state index in [-0.39, 0.29) is 0 Å². The molecule has 0 spiro atoms. The molecule has 0 amide bonds. The Balaban J connectivity index is 1.13. The highest BCUT2D eigenvalue weighted by Crippen LogP contribution is 2.35. The summed E-state index contributed by atoms with van der Waals surface area (Å²) in [6, 6.07) is 10.6. The highest BCUT2D eigenvalue weighted by atomic mass is 32.2. The molecule has 2 aliphatic rings. The zero-order chi connectivity index (χ0) is 16.9. The molecule has 1 saturated heterocycles. The van der Waals surface area contributed by atoms with E-state index in [2.05, 4.69) is 48.3 Å². The average Bonchev–Trinajstić information content (AvgIpc) is 3.09. The number of piperazine rings is 1. The van der Waals surface area contributed by atoms with Gasteiger partial charge in [0.05, 0.1) is 0 Å². The van der Waals surface area contributed by atoms with E-state index in [4.69, 9.17) is 0 Å². The fourth-order valence-corrected chi connectivity index (χ4v) is 4.55. The average molecular weight is 356 g/mol. The molecular weight excluding hydrogens is 330 g/mol. The standard InChI is InChI=1S/C19H25N5S/c1-2-7-18-17(6-1)16-24(25-18)11-4-3-10-22-12-14-23(15-13-22)19-20-8-5-9-21-19/h1-2,5-9H,3-4,10-16H2. The van der Waals surface area contributed by atoms with Crippen molar-refractivity contribution in [3.63, 3.8) is 0 Å². The zero-order valence-corrected chi connectivity index (χ0v) is 15.4. The van der Waals surface area contributed by atoms with E-state index in [1.165, 1.54) is 36.4 Å². The molecule has 0 radical (unpaired) electrons. The van der Waals surface area contributed by atoms with Gasteiger partial charge in [-0.25, -0.2) is 14.3 Å². The molecule has 0 atom stereocenters. The van der Waals surface area contributed by atoms with Gasteiger partial charge in [0.15, 0.2) is 0 Å². The van der Waals surface area contributed by atoms with Crippen LogP contribution in [0.4, 0.5) is 5.95 Å². The summed E-state index contributed by atoms with van der Waals surface area (Å²) in [6.07, 6.45) is 6.19. The molecule has 5 nitrogen and oxygen atoms in total. The summed E-state index contributed by atoms with van der Waals surface area (Å²) in [7, 11) is 0. The van der Waals surface area contributed by atoms with Gasteiger partial charge in [-0.15, -0.1) is 0 Å². The molecule has 2 aliphatic heterocycles. The Morgan fingerprint density at radius 3 is 2.44 bits per heavy atom. The first-order valence-corrected chi connectivity index (χ1v) is 9.91. The molecule has 132 valence electrons. The number of benzene rings is 1. The second kappa shape index (κ2) is 8.17. The van der Waals surface area contributed by atoms with Gasteiger partial charge < -0.3 is 4.90 Å². The van der Waals surface area contributed by atoms with Gasteiger partial charge in [0, 0.05) is 56.6 Å². The summed E-state index contributed by atoms with van der Waals surface area (Å²) in [5.41, 5.74) is 1.48. The smallest absolute Gasteiger partial charge is 0.225 e. The van der Waals surface area contributed by atoms with Crippen LogP contribution in [0.15, 0.2) is 47.6 Å². The van der Waals surface area contributed by atoms with E-state index < -0.39 is 0 Å². The zero-order valence-electron chi connectivity index (χ0n) is 14.5. The summed E-state index contributed by atoms with van der Waals surface area (Å²) in [4.78, 5) is 15.0. The molecule has 2 aromatic rings. The van der Waals surface area contributed by atoms with Crippen molar-refractivity contribution in [1.29, 1.82) is 0 Å². The normalized spacial score (nSPS) is 18.5. The van der Waals surface area contributed by atoms with Crippen LogP contribution in [0.25, 0.3) is 0 Å². The van der Waals surface area contributed by atoms with Crippen LogP contribution in [0, 0.1) is 0 Å². The van der Waals surface area contributed by atoms with Gasteiger partial charge in [0.1, 0.15) is 0 Å². The monoisotopic (exact) mass is 355 g/mol. The van der Waals surface area contributed by atoms with Crippen LogP contribution in [0.1, 0.15) is 18.4 Å². The highest BCUT2D eigenvalue weighted by molar-refractivity contribution is 7.97. The Morgan fingerprint density at radius 1 is 0.880 bits per heavy atom. The summed E-state index contributed by atoms with van der Waals surface area (Å²) >= 11 is 1.92. The van der Waals surface area contributed by atoms with Crippen molar-refractivity contribution in [3.8, 4) is 0 Å². The van der Waals surface area contributed by atoms with Crippen LogP contribution in [0.2, 0.25) is 0 Å². The molecule has 0 bridgehead atoms. The number of aromatic nitrogens is 2. The third-order valence-corrected chi connectivity index (χ3v) is 6.05. The molecule has 0 aliphatic carbocycles. The van der Waals surface area contributed by atoms with Gasteiger partial charge in [0.25, 0.3) is 0 Å². The fourth-order valence-electron chi connectivity index (χ4n) is 3.46. The van der Waals surface area contributed by atoms with E-state index in [1.54, 1.807) is 0 Å².